The number of nitro benzene ring substituents is 1. The molecule has 1 unspecified atom stereocenters. The van der Waals surface area contributed by atoms with Gasteiger partial charge < -0.3 is 16.0 Å². The van der Waals surface area contributed by atoms with Crippen LogP contribution in [0.1, 0.15) is 25.7 Å². The topological polar surface area (TPSA) is 119 Å². The van der Waals surface area contributed by atoms with Crippen LogP contribution in [-0.4, -0.2) is 40.8 Å². The summed E-state index contributed by atoms with van der Waals surface area (Å²) >= 11 is 0. The number of nitrogens with zero attached hydrogens (tertiary/aromatic N) is 2. The Morgan fingerprint density at radius 2 is 2.04 bits per heavy atom. The Morgan fingerprint density at radius 1 is 1.35 bits per heavy atom. The van der Waals surface area contributed by atoms with Gasteiger partial charge in [-0.25, -0.2) is 0 Å². The van der Waals surface area contributed by atoms with E-state index in [-0.39, 0.29) is 11.6 Å². The normalized spacial score (nSPS) is 17.0. The van der Waals surface area contributed by atoms with Crippen LogP contribution in [0.15, 0.2) is 24.3 Å². The summed E-state index contributed by atoms with van der Waals surface area (Å²) in [5.74, 6) is -0.503. The maximum absolute atomic E-state index is 12.1. The van der Waals surface area contributed by atoms with Crippen molar-refractivity contribution in [1.82, 2.24) is 4.90 Å². The Balaban J connectivity index is 1.73. The molecule has 1 saturated heterocycles. The summed E-state index contributed by atoms with van der Waals surface area (Å²) in [6, 6.07) is 5.64. The molecular weight excluding hydrogens is 300 g/mol. The number of rotatable bonds is 7. The van der Waals surface area contributed by atoms with Gasteiger partial charge in [0.05, 0.1) is 4.92 Å². The van der Waals surface area contributed by atoms with E-state index in [4.69, 9.17) is 5.73 Å². The fraction of sp³-hybridized carbons (Fsp3) is 0.467. The summed E-state index contributed by atoms with van der Waals surface area (Å²) in [5.41, 5.74) is 6.10. The van der Waals surface area contributed by atoms with E-state index in [0.717, 1.165) is 12.1 Å². The van der Waals surface area contributed by atoms with Gasteiger partial charge in [-0.05, 0) is 31.4 Å². The van der Waals surface area contributed by atoms with Gasteiger partial charge in [0.2, 0.25) is 11.8 Å². The van der Waals surface area contributed by atoms with Gasteiger partial charge in [0.25, 0.3) is 5.69 Å². The lowest BCUT2D eigenvalue weighted by Gasteiger charge is -2.22. The van der Waals surface area contributed by atoms with Crippen molar-refractivity contribution in [3.8, 4) is 0 Å². The van der Waals surface area contributed by atoms with Gasteiger partial charge in [-0.2, -0.15) is 0 Å². The summed E-state index contributed by atoms with van der Waals surface area (Å²) in [7, 11) is 0. The fourth-order valence-electron chi connectivity index (χ4n) is 2.68. The van der Waals surface area contributed by atoms with Crippen LogP contribution in [-0.2, 0) is 9.59 Å². The lowest BCUT2D eigenvalue weighted by molar-refractivity contribution is -0.384. The second-order valence-electron chi connectivity index (χ2n) is 5.48. The molecule has 0 saturated carbocycles. The van der Waals surface area contributed by atoms with Crippen LogP contribution in [0, 0.1) is 10.1 Å². The van der Waals surface area contributed by atoms with Crippen LogP contribution in [0.2, 0.25) is 0 Å². The van der Waals surface area contributed by atoms with Gasteiger partial charge >= 0.3 is 0 Å². The second-order valence-corrected chi connectivity index (χ2v) is 5.48. The van der Waals surface area contributed by atoms with E-state index in [1.807, 2.05) is 0 Å². The first-order valence-electron chi connectivity index (χ1n) is 7.56. The van der Waals surface area contributed by atoms with Crippen molar-refractivity contribution < 1.29 is 14.5 Å². The van der Waals surface area contributed by atoms with Gasteiger partial charge in [0.1, 0.15) is 6.04 Å². The Labute approximate surface area is 133 Å². The minimum absolute atomic E-state index is 0.0391. The Bertz CT molecular complexity index is 588. The van der Waals surface area contributed by atoms with E-state index in [9.17, 15) is 19.7 Å². The van der Waals surface area contributed by atoms with Crippen LogP contribution in [0.5, 0.6) is 0 Å². The molecule has 0 bridgehead atoms. The van der Waals surface area contributed by atoms with Crippen LogP contribution in [0.3, 0.4) is 0 Å². The third kappa shape index (κ3) is 4.41. The number of likely N-dealkylation sites (tertiary alicyclic amines) is 1. The summed E-state index contributed by atoms with van der Waals surface area (Å²) in [6.07, 6.45) is 2.39. The van der Waals surface area contributed by atoms with Crippen molar-refractivity contribution in [3.05, 3.63) is 34.4 Å². The Morgan fingerprint density at radius 3 is 2.65 bits per heavy atom. The van der Waals surface area contributed by atoms with E-state index in [0.29, 0.717) is 32.4 Å². The third-order valence-electron chi connectivity index (χ3n) is 3.88. The summed E-state index contributed by atoms with van der Waals surface area (Å²) < 4.78 is 0. The molecule has 8 heteroatoms. The highest BCUT2D eigenvalue weighted by Crippen LogP contribution is 2.19. The fourth-order valence-corrected chi connectivity index (χ4v) is 2.68. The van der Waals surface area contributed by atoms with Crippen LogP contribution < -0.4 is 11.1 Å². The molecule has 124 valence electrons. The molecule has 1 heterocycles. The molecule has 1 aromatic rings. The van der Waals surface area contributed by atoms with Crippen LogP contribution in [0.4, 0.5) is 11.4 Å². The Hall–Kier alpha value is -2.64. The number of primary amides is 1. The molecule has 0 radical (unpaired) electrons. The summed E-state index contributed by atoms with van der Waals surface area (Å²) in [6.45, 7) is 1.15. The standard InChI is InChI=1S/C15H20N4O4/c16-15(21)13-3-2-10-18(13)14(20)4-1-9-17-11-5-7-12(8-6-11)19(22)23/h5-8,13,17H,1-4,9-10H2,(H2,16,21). The van der Waals surface area contributed by atoms with Crippen molar-refractivity contribution in [1.29, 1.82) is 0 Å². The average Bonchev–Trinajstić information content (AvgIpc) is 3.01. The molecule has 0 aliphatic carbocycles. The molecule has 3 N–H and O–H groups in total. The van der Waals surface area contributed by atoms with E-state index in [1.165, 1.54) is 12.1 Å². The van der Waals surface area contributed by atoms with Gasteiger partial charge in [0, 0.05) is 37.3 Å². The molecular formula is C15H20N4O4. The van der Waals surface area contributed by atoms with Crippen molar-refractivity contribution >= 4 is 23.2 Å². The van der Waals surface area contributed by atoms with Crippen molar-refractivity contribution in [3.63, 3.8) is 0 Å². The number of carbonyl (C=O) groups is 2. The lowest BCUT2D eigenvalue weighted by atomic mass is 10.2. The van der Waals surface area contributed by atoms with Crippen LogP contribution in [0.25, 0.3) is 0 Å². The predicted molar refractivity (Wildman–Crippen MR) is 84.7 cm³/mol. The molecule has 2 amide bonds. The number of carbonyl (C=O) groups excluding carboxylic acids is 2. The number of anilines is 1. The zero-order valence-electron chi connectivity index (χ0n) is 12.7. The van der Waals surface area contributed by atoms with Crippen molar-refractivity contribution in [2.24, 2.45) is 5.73 Å². The molecule has 23 heavy (non-hydrogen) atoms. The SMILES string of the molecule is NC(=O)C1CCCN1C(=O)CCCNc1ccc([N+](=O)[O-])cc1. The third-order valence-corrected chi connectivity index (χ3v) is 3.88. The van der Waals surface area contributed by atoms with Gasteiger partial charge in [-0.1, -0.05) is 0 Å². The molecule has 1 aliphatic heterocycles. The predicted octanol–water partition coefficient (Wildman–Crippen LogP) is 1.26. The maximum atomic E-state index is 12.1. The number of amides is 2. The number of non-ortho nitro benzene ring substituents is 1. The Kier molecular flexibility index (Phi) is 5.51. The van der Waals surface area contributed by atoms with E-state index in [2.05, 4.69) is 5.32 Å². The monoisotopic (exact) mass is 320 g/mol. The highest BCUT2D eigenvalue weighted by molar-refractivity contribution is 5.87. The number of benzene rings is 1. The highest BCUT2D eigenvalue weighted by Gasteiger charge is 2.31. The van der Waals surface area contributed by atoms with Crippen LogP contribution >= 0.6 is 0 Å². The smallest absolute Gasteiger partial charge is 0.269 e. The van der Waals surface area contributed by atoms with Crippen molar-refractivity contribution in [2.75, 3.05) is 18.4 Å². The van der Waals surface area contributed by atoms with Gasteiger partial charge in [-0.3, -0.25) is 19.7 Å². The van der Waals surface area contributed by atoms with Gasteiger partial charge in [-0.15, -0.1) is 0 Å². The lowest BCUT2D eigenvalue weighted by Crippen LogP contribution is -2.43. The zero-order valence-corrected chi connectivity index (χ0v) is 12.7. The molecule has 1 aromatic carbocycles. The minimum atomic E-state index is -0.467. The van der Waals surface area contributed by atoms with E-state index < -0.39 is 16.9 Å². The zero-order chi connectivity index (χ0) is 16.8. The summed E-state index contributed by atoms with van der Waals surface area (Å²) in [4.78, 5) is 35.1. The molecule has 1 atom stereocenters. The molecule has 2 rings (SSSR count). The number of hydrogen-bond acceptors (Lipinski definition) is 5. The van der Waals surface area contributed by atoms with Crippen molar-refractivity contribution in [2.45, 2.75) is 31.7 Å². The molecule has 0 aromatic heterocycles. The van der Waals surface area contributed by atoms with E-state index in [1.54, 1.807) is 17.0 Å². The quantitative estimate of drug-likeness (QED) is 0.445. The highest BCUT2D eigenvalue weighted by atomic mass is 16.6. The first kappa shape index (κ1) is 16.7. The molecule has 1 fully saturated rings. The molecule has 0 spiro atoms. The minimum Gasteiger partial charge on any atom is -0.385 e. The van der Waals surface area contributed by atoms with Gasteiger partial charge in [0.15, 0.2) is 0 Å². The largest absolute Gasteiger partial charge is 0.385 e. The average molecular weight is 320 g/mol. The summed E-state index contributed by atoms with van der Waals surface area (Å²) in [5, 5.41) is 13.7. The number of nitrogens with two attached hydrogens (primary N) is 1. The molecule has 1 aliphatic rings. The molecule has 8 nitrogen and oxygen atoms in total. The maximum Gasteiger partial charge on any atom is 0.269 e. The van der Waals surface area contributed by atoms with E-state index >= 15 is 0 Å². The second kappa shape index (κ2) is 7.57. The number of nitro groups is 1. The first-order valence-corrected chi connectivity index (χ1v) is 7.56. The number of hydrogen-bond donors (Lipinski definition) is 2. The first-order chi connectivity index (χ1) is 11.0. The number of nitrogens with one attached hydrogen (secondary N) is 1.